The van der Waals surface area contributed by atoms with Crippen LogP contribution >= 0.6 is 11.6 Å². The molecule has 6 heterocycles. The van der Waals surface area contributed by atoms with E-state index in [0.29, 0.717) is 34.0 Å². The topological polar surface area (TPSA) is 174 Å². The molecule has 2 aromatic carbocycles. The number of halogens is 2. The van der Waals surface area contributed by atoms with E-state index < -0.39 is 23.7 Å². The van der Waals surface area contributed by atoms with Crippen molar-refractivity contribution in [2.45, 2.75) is 71.0 Å². The van der Waals surface area contributed by atoms with E-state index in [9.17, 15) is 24.0 Å². The molecular weight excluding hydrogens is 831 g/mol. The highest BCUT2D eigenvalue weighted by Gasteiger charge is 2.48. The van der Waals surface area contributed by atoms with Crippen LogP contribution in [-0.2, 0) is 20.9 Å². The average Bonchev–Trinajstić information content (AvgIpc) is 3.60. The van der Waals surface area contributed by atoms with E-state index in [1.165, 1.54) is 18.0 Å². The third kappa shape index (κ3) is 8.28. The molecule has 0 radical (unpaired) electrons. The first-order chi connectivity index (χ1) is 30.3. The van der Waals surface area contributed by atoms with Gasteiger partial charge >= 0.3 is 0 Å². The molecule has 1 aliphatic carbocycles. The number of rotatable bonds is 11. The minimum absolute atomic E-state index is 0.0477. The van der Waals surface area contributed by atoms with Crippen molar-refractivity contribution in [1.29, 1.82) is 0 Å². The average molecular weight is 883 g/mol. The fourth-order valence-electron chi connectivity index (χ4n) is 10.1. The van der Waals surface area contributed by atoms with Crippen molar-refractivity contribution in [3.8, 4) is 5.75 Å². The number of likely N-dealkylation sites (N-methyl/N-ethyl adjacent to an activating group) is 1. The van der Waals surface area contributed by atoms with Crippen molar-refractivity contribution in [2.75, 3.05) is 74.6 Å². The van der Waals surface area contributed by atoms with E-state index in [0.717, 1.165) is 88.1 Å². The van der Waals surface area contributed by atoms with Crippen molar-refractivity contribution in [3.63, 3.8) is 0 Å². The lowest BCUT2D eigenvalue weighted by Gasteiger charge is -2.55. The number of nitrogens with one attached hydrogen (secondary N) is 3. The van der Waals surface area contributed by atoms with Gasteiger partial charge in [0.2, 0.25) is 17.8 Å². The number of imide groups is 1. The second kappa shape index (κ2) is 17.1. The monoisotopic (exact) mass is 882 g/mol. The predicted molar refractivity (Wildman–Crippen MR) is 236 cm³/mol. The van der Waals surface area contributed by atoms with Crippen molar-refractivity contribution in [1.82, 2.24) is 35.0 Å². The number of ether oxygens (including phenoxy) is 1. The molecule has 16 nitrogen and oxygen atoms in total. The molecule has 18 heteroatoms. The van der Waals surface area contributed by atoms with Crippen molar-refractivity contribution in [3.05, 3.63) is 74.9 Å². The molecule has 1 spiro atoms. The number of fused-ring (bicyclic) bond motifs is 2. The smallest absolute Gasteiger partial charge is 0.293 e. The summed E-state index contributed by atoms with van der Waals surface area (Å²) in [6, 6.07) is 9.49. The summed E-state index contributed by atoms with van der Waals surface area (Å²) in [5, 5.41) is 9.28. The molecule has 4 aliphatic heterocycles. The van der Waals surface area contributed by atoms with Crippen LogP contribution in [-0.4, -0.2) is 113 Å². The van der Waals surface area contributed by atoms with Crippen LogP contribution in [0.3, 0.4) is 0 Å². The Kier molecular flexibility index (Phi) is 11.5. The second-order valence-electron chi connectivity index (χ2n) is 17.9. The third-order valence-corrected chi connectivity index (χ3v) is 13.8. The van der Waals surface area contributed by atoms with Crippen LogP contribution in [0, 0.1) is 17.2 Å². The molecule has 1 saturated carbocycles. The first kappa shape index (κ1) is 42.5. The number of benzene rings is 2. The fraction of sp³-hybridized carbons (Fsp3) is 0.489. The molecule has 0 bridgehead atoms. The maximum atomic E-state index is 15.1. The van der Waals surface area contributed by atoms with Gasteiger partial charge in [0.1, 0.15) is 16.9 Å². The van der Waals surface area contributed by atoms with Gasteiger partial charge in [-0.3, -0.25) is 34.2 Å². The highest BCUT2D eigenvalue weighted by atomic mass is 35.5. The Balaban J connectivity index is 0.777. The van der Waals surface area contributed by atoms with E-state index in [-0.39, 0.29) is 66.1 Å². The number of carbonyl (C=O) groups excluding carboxylic acids is 4. The number of nitrogens with zero attached hydrogens (tertiary/aromatic N) is 7. The molecule has 63 heavy (non-hydrogen) atoms. The molecule has 332 valence electrons. The predicted octanol–water partition coefficient (Wildman–Crippen LogP) is 4.61. The fourth-order valence-corrected chi connectivity index (χ4v) is 10.2. The number of hydrogen-bond acceptors (Lipinski definition) is 12. The van der Waals surface area contributed by atoms with Gasteiger partial charge in [-0.15, -0.1) is 0 Å². The van der Waals surface area contributed by atoms with Crippen LogP contribution in [0.5, 0.6) is 5.75 Å². The summed E-state index contributed by atoms with van der Waals surface area (Å²) < 4.78 is 22.3. The molecule has 5 aliphatic rings. The maximum absolute atomic E-state index is 15.1. The highest BCUT2D eigenvalue weighted by Crippen LogP contribution is 2.49. The molecular formula is C45H52ClFN10O6. The molecule has 2 aromatic heterocycles. The number of piperazine rings is 1. The number of pyridine rings is 1. The van der Waals surface area contributed by atoms with Gasteiger partial charge in [-0.2, -0.15) is 4.98 Å². The summed E-state index contributed by atoms with van der Waals surface area (Å²) >= 11 is 6.61. The van der Waals surface area contributed by atoms with Crippen LogP contribution in [0.25, 0.3) is 10.9 Å². The van der Waals surface area contributed by atoms with E-state index in [2.05, 4.69) is 35.6 Å². The number of hydrogen-bond donors (Lipinski definition) is 3. The van der Waals surface area contributed by atoms with Crippen LogP contribution < -0.4 is 36.0 Å². The molecule has 1 unspecified atom stereocenters. The van der Waals surface area contributed by atoms with Gasteiger partial charge in [0, 0.05) is 99.6 Å². The lowest BCUT2D eigenvalue weighted by molar-refractivity contribution is -0.137. The Hall–Kier alpha value is -5.81. The summed E-state index contributed by atoms with van der Waals surface area (Å²) in [7, 11) is 1.51. The van der Waals surface area contributed by atoms with E-state index in [4.69, 9.17) is 21.3 Å². The van der Waals surface area contributed by atoms with Gasteiger partial charge in [0.05, 0.1) is 17.3 Å². The summed E-state index contributed by atoms with van der Waals surface area (Å²) in [6.07, 6.45) is 6.52. The number of carbonyl (C=O) groups is 4. The molecule has 3 saturated heterocycles. The van der Waals surface area contributed by atoms with E-state index >= 15 is 4.39 Å². The molecule has 4 amide bonds. The summed E-state index contributed by atoms with van der Waals surface area (Å²) in [6.45, 7) is 9.82. The van der Waals surface area contributed by atoms with E-state index in [1.807, 2.05) is 32.0 Å². The number of amides is 4. The van der Waals surface area contributed by atoms with Crippen LogP contribution in [0.15, 0.2) is 47.4 Å². The zero-order valence-corrected chi connectivity index (χ0v) is 36.5. The van der Waals surface area contributed by atoms with Gasteiger partial charge in [-0.25, -0.2) is 9.37 Å². The minimum atomic E-state index is -0.782. The van der Waals surface area contributed by atoms with Crippen molar-refractivity contribution in [2.24, 2.45) is 11.3 Å². The Bertz CT molecular complexity index is 2550. The Morgan fingerprint density at radius 2 is 1.78 bits per heavy atom. The normalized spacial score (nSPS) is 20.3. The van der Waals surface area contributed by atoms with Gasteiger partial charge in [-0.05, 0) is 88.3 Å². The molecule has 9 rings (SSSR count). The zero-order chi connectivity index (χ0) is 44.2. The Morgan fingerprint density at radius 3 is 2.49 bits per heavy atom. The molecule has 3 N–H and O–H groups in total. The largest absolute Gasteiger partial charge is 0.478 e. The zero-order valence-electron chi connectivity index (χ0n) is 35.7. The van der Waals surface area contributed by atoms with Gasteiger partial charge in [0.25, 0.3) is 17.4 Å². The summed E-state index contributed by atoms with van der Waals surface area (Å²) in [5.41, 5.74) is 2.88. The van der Waals surface area contributed by atoms with Gasteiger partial charge in [-0.1, -0.05) is 11.6 Å². The number of anilines is 4. The minimum Gasteiger partial charge on any atom is -0.478 e. The quantitative estimate of drug-likeness (QED) is 0.179. The SMILES string of the molecule is CNC(=O)COc1cc2cc(Nc3nc(N4CCN(CC5CCC6(CC5)CN(c5ccc(F)c7c5CN(C5CCC(=O)NC5=O)C7=O)C6)CC4)ncc3Cl)ccc2n(C(C)C)c1=O. The summed E-state index contributed by atoms with van der Waals surface area (Å²) in [4.78, 5) is 80.6. The molecule has 4 fully saturated rings. The number of aromatic nitrogens is 3. The number of piperidine rings is 1. The first-order valence-electron chi connectivity index (χ1n) is 21.8. The lowest BCUT2D eigenvalue weighted by atomic mass is 9.65. The molecule has 4 aromatic rings. The third-order valence-electron chi connectivity index (χ3n) is 13.5. The van der Waals surface area contributed by atoms with Crippen LogP contribution in [0.1, 0.15) is 74.3 Å². The summed E-state index contributed by atoms with van der Waals surface area (Å²) in [5.74, 6) is -0.499. The second-order valence-corrected chi connectivity index (χ2v) is 18.3. The lowest BCUT2D eigenvalue weighted by Crippen LogP contribution is -2.58. The van der Waals surface area contributed by atoms with Gasteiger partial charge < -0.3 is 34.6 Å². The Morgan fingerprint density at radius 1 is 1.02 bits per heavy atom. The van der Waals surface area contributed by atoms with Crippen molar-refractivity contribution >= 4 is 69.3 Å². The van der Waals surface area contributed by atoms with Crippen molar-refractivity contribution < 1.29 is 28.3 Å². The van der Waals surface area contributed by atoms with Crippen LogP contribution in [0.4, 0.5) is 27.5 Å². The standard InChI is InChI=1S/C45H52ClFN10O6/c1-26(2)57-33-6-4-29(18-28(33)19-36(42(57)61)63-23-38(59)48-3)50-40-31(46)20-49-44(52-40)54-16-14-53(15-17-54)21-27-10-12-45(13-11-27)24-55(25-45)34-7-5-32(47)39-30(34)22-56(43(39)62)35-8-9-37(58)51-41(35)60/h4-7,18-20,26-27,35H,8-17,21-25H2,1-3H3,(H,48,59)(H,49,50,52)(H,51,58,60). The maximum Gasteiger partial charge on any atom is 0.293 e. The molecule has 1 atom stereocenters. The van der Waals surface area contributed by atoms with Crippen LogP contribution in [0.2, 0.25) is 5.02 Å². The highest BCUT2D eigenvalue weighted by molar-refractivity contribution is 6.33. The Labute approximate surface area is 369 Å². The van der Waals surface area contributed by atoms with Gasteiger partial charge in [0.15, 0.2) is 18.2 Å². The first-order valence-corrected chi connectivity index (χ1v) is 22.2. The van der Waals surface area contributed by atoms with E-state index in [1.54, 1.807) is 22.9 Å².